The van der Waals surface area contributed by atoms with Gasteiger partial charge < -0.3 is 13.9 Å². The number of fused-ring (bicyclic) bond motifs is 1. The first-order chi connectivity index (χ1) is 15.8. The van der Waals surface area contributed by atoms with Crippen molar-refractivity contribution in [2.45, 2.75) is 77.6 Å². The van der Waals surface area contributed by atoms with Crippen LogP contribution in [0, 0.1) is 5.92 Å². The highest BCUT2D eigenvalue weighted by atomic mass is 32.2. The van der Waals surface area contributed by atoms with Gasteiger partial charge in [0.05, 0.1) is 25.0 Å². The molecule has 10 nitrogen and oxygen atoms in total. The molecule has 3 rings (SSSR count). The Hall–Kier alpha value is -1.73. The minimum absolute atomic E-state index is 0.0863. The van der Waals surface area contributed by atoms with Crippen LogP contribution in [0.4, 0.5) is 5.95 Å². The van der Waals surface area contributed by atoms with Crippen molar-refractivity contribution in [3.63, 3.8) is 0 Å². The van der Waals surface area contributed by atoms with Crippen LogP contribution in [-0.2, 0) is 18.7 Å². The highest BCUT2D eigenvalue weighted by Crippen LogP contribution is 2.38. The number of ether oxygens (including phenoxy) is 2. The number of nitrogens with zero attached hydrogens (tertiary/aromatic N) is 3. The SMILES string of the molecule is CSCO[C@H]1C[C@H](n2cnc3c(=O)[nH]c(NC(=O)C(C)C)nc32)O[C@@H]1CO[Si](C)(C)C(C)(C)C. The molecule has 1 aliphatic rings. The molecule has 0 aromatic carbocycles. The number of hydrogen-bond donors (Lipinski definition) is 2. The summed E-state index contributed by atoms with van der Waals surface area (Å²) < 4.78 is 20.6. The van der Waals surface area contributed by atoms with Gasteiger partial charge in [-0.2, -0.15) is 4.98 Å². The maximum Gasteiger partial charge on any atom is 0.280 e. The van der Waals surface area contributed by atoms with E-state index < -0.39 is 20.1 Å². The molecule has 2 aromatic rings. The van der Waals surface area contributed by atoms with Crippen LogP contribution in [0.2, 0.25) is 18.1 Å². The number of nitrogens with one attached hydrogen (secondary N) is 2. The second-order valence-electron chi connectivity index (χ2n) is 10.4. The number of thioether (sulfide) groups is 1. The summed E-state index contributed by atoms with van der Waals surface area (Å²) in [5, 5.41) is 2.73. The van der Waals surface area contributed by atoms with Gasteiger partial charge in [-0.15, -0.1) is 11.8 Å². The lowest BCUT2D eigenvalue weighted by Gasteiger charge is -2.37. The molecule has 0 aliphatic carbocycles. The zero-order valence-electron chi connectivity index (χ0n) is 21.3. The zero-order chi connectivity index (χ0) is 25.3. The summed E-state index contributed by atoms with van der Waals surface area (Å²) in [6.45, 7) is 15.0. The molecule has 1 saturated heterocycles. The average molecular weight is 512 g/mol. The predicted molar refractivity (Wildman–Crippen MR) is 137 cm³/mol. The number of carbonyl (C=O) groups is 1. The van der Waals surface area contributed by atoms with Gasteiger partial charge in [0.15, 0.2) is 19.5 Å². The second kappa shape index (κ2) is 10.5. The van der Waals surface area contributed by atoms with Crippen molar-refractivity contribution >= 4 is 43.1 Å². The summed E-state index contributed by atoms with van der Waals surface area (Å²) in [6.07, 6.45) is 3.26. The Kier molecular flexibility index (Phi) is 8.28. The van der Waals surface area contributed by atoms with Crippen LogP contribution >= 0.6 is 11.8 Å². The van der Waals surface area contributed by atoms with Crippen LogP contribution < -0.4 is 10.9 Å². The monoisotopic (exact) mass is 511 g/mol. The molecule has 1 aliphatic heterocycles. The molecule has 0 spiro atoms. The van der Waals surface area contributed by atoms with Crippen molar-refractivity contribution in [2.24, 2.45) is 5.92 Å². The molecule has 3 atom stereocenters. The van der Waals surface area contributed by atoms with Gasteiger partial charge in [-0.05, 0) is 24.4 Å². The molecule has 0 bridgehead atoms. The van der Waals surface area contributed by atoms with Crippen molar-refractivity contribution in [3.05, 3.63) is 16.7 Å². The van der Waals surface area contributed by atoms with Crippen LogP contribution in [0.15, 0.2) is 11.1 Å². The van der Waals surface area contributed by atoms with E-state index in [0.717, 1.165) is 0 Å². The van der Waals surface area contributed by atoms with Crippen LogP contribution in [0.3, 0.4) is 0 Å². The number of rotatable bonds is 9. The number of aromatic amines is 1. The molecule has 3 heterocycles. The maximum atomic E-state index is 12.5. The van der Waals surface area contributed by atoms with E-state index in [1.165, 1.54) is 0 Å². The van der Waals surface area contributed by atoms with Gasteiger partial charge in [-0.25, -0.2) is 4.98 Å². The van der Waals surface area contributed by atoms with Gasteiger partial charge in [0.1, 0.15) is 12.3 Å². The van der Waals surface area contributed by atoms with Gasteiger partial charge in [-0.1, -0.05) is 34.6 Å². The smallest absolute Gasteiger partial charge is 0.280 e. The Morgan fingerprint density at radius 2 is 2.12 bits per heavy atom. The van der Waals surface area contributed by atoms with Crippen molar-refractivity contribution < 1.29 is 18.7 Å². The number of anilines is 1. The molecular formula is C22H37N5O5SSi. The Morgan fingerprint density at radius 3 is 2.74 bits per heavy atom. The molecule has 0 radical (unpaired) electrons. The molecule has 190 valence electrons. The maximum absolute atomic E-state index is 12.5. The number of carbonyl (C=O) groups excluding carboxylic acids is 1. The molecule has 0 unspecified atom stereocenters. The van der Waals surface area contributed by atoms with Crippen LogP contribution in [0.5, 0.6) is 0 Å². The number of hydrogen-bond acceptors (Lipinski definition) is 8. The van der Waals surface area contributed by atoms with E-state index in [2.05, 4.69) is 54.1 Å². The molecule has 1 fully saturated rings. The summed E-state index contributed by atoms with van der Waals surface area (Å²) >= 11 is 1.60. The Balaban J connectivity index is 1.85. The number of imidazole rings is 1. The van der Waals surface area contributed by atoms with Crippen molar-refractivity contribution in [1.82, 2.24) is 19.5 Å². The van der Waals surface area contributed by atoms with Crippen molar-refractivity contribution in [1.29, 1.82) is 0 Å². The van der Waals surface area contributed by atoms with E-state index in [1.807, 2.05) is 6.26 Å². The summed E-state index contributed by atoms with van der Waals surface area (Å²) in [5.74, 6) is 0.147. The molecule has 34 heavy (non-hydrogen) atoms. The van der Waals surface area contributed by atoms with E-state index in [4.69, 9.17) is 13.9 Å². The van der Waals surface area contributed by atoms with Crippen LogP contribution in [-0.4, -0.2) is 64.8 Å². The first-order valence-electron chi connectivity index (χ1n) is 11.5. The van der Waals surface area contributed by atoms with Crippen LogP contribution in [0.25, 0.3) is 11.2 Å². The van der Waals surface area contributed by atoms with Gasteiger partial charge in [0.2, 0.25) is 11.9 Å². The third-order valence-corrected chi connectivity index (χ3v) is 11.4. The minimum atomic E-state index is -1.96. The number of amides is 1. The van der Waals surface area contributed by atoms with Crippen molar-refractivity contribution in [2.75, 3.05) is 24.1 Å². The molecule has 2 N–H and O–H groups in total. The van der Waals surface area contributed by atoms with E-state index in [1.54, 1.807) is 36.5 Å². The van der Waals surface area contributed by atoms with Gasteiger partial charge in [-0.3, -0.25) is 24.5 Å². The van der Waals surface area contributed by atoms with Gasteiger partial charge >= 0.3 is 0 Å². The fourth-order valence-electron chi connectivity index (χ4n) is 3.32. The van der Waals surface area contributed by atoms with Crippen molar-refractivity contribution in [3.8, 4) is 0 Å². The average Bonchev–Trinajstić information content (AvgIpc) is 3.33. The van der Waals surface area contributed by atoms with Gasteiger partial charge in [0, 0.05) is 12.3 Å². The third kappa shape index (κ3) is 5.90. The quantitative estimate of drug-likeness (QED) is 0.386. The first-order valence-corrected chi connectivity index (χ1v) is 15.8. The first kappa shape index (κ1) is 26.9. The number of H-pyrrole nitrogens is 1. The Labute approximate surface area is 205 Å². The lowest BCUT2D eigenvalue weighted by atomic mass is 10.2. The Morgan fingerprint density at radius 1 is 1.41 bits per heavy atom. The van der Waals surface area contributed by atoms with E-state index >= 15 is 0 Å². The zero-order valence-corrected chi connectivity index (χ0v) is 23.1. The molecule has 0 saturated carbocycles. The molecule has 1 amide bonds. The molecule has 2 aromatic heterocycles. The summed E-state index contributed by atoms with van der Waals surface area (Å²) in [5.41, 5.74) is 0.116. The fraction of sp³-hybridized carbons (Fsp3) is 0.727. The second-order valence-corrected chi connectivity index (χ2v) is 16.1. The fourth-order valence-corrected chi connectivity index (χ4v) is 4.64. The molecule has 12 heteroatoms. The van der Waals surface area contributed by atoms with E-state index in [-0.39, 0.29) is 40.5 Å². The topological polar surface area (TPSA) is 120 Å². The summed E-state index contributed by atoms with van der Waals surface area (Å²) in [6, 6.07) is 0. The molecular weight excluding hydrogens is 474 g/mol. The van der Waals surface area contributed by atoms with Gasteiger partial charge in [0.25, 0.3) is 5.56 Å². The largest absolute Gasteiger partial charge is 0.414 e. The van der Waals surface area contributed by atoms with E-state index in [0.29, 0.717) is 24.6 Å². The summed E-state index contributed by atoms with van der Waals surface area (Å²) in [7, 11) is -1.96. The normalized spacial score (nSPS) is 21.5. The minimum Gasteiger partial charge on any atom is -0.414 e. The highest BCUT2D eigenvalue weighted by molar-refractivity contribution is 7.98. The predicted octanol–water partition coefficient (Wildman–Crippen LogP) is 3.73. The lowest BCUT2D eigenvalue weighted by molar-refractivity contribution is -0.118. The van der Waals surface area contributed by atoms with Crippen LogP contribution in [0.1, 0.15) is 47.3 Å². The third-order valence-electron chi connectivity index (χ3n) is 6.50. The lowest BCUT2D eigenvalue weighted by Crippen LogP contribution is -2.44. The van der Waals surface area contributed by atoms with E-state index in [9.17, 15) is 9.59 Å². The number of aromatic nitrogens is 4. The highest BCUT2D eigenvalue weighted by Gasteiger charge is 2.42. The Bertz CT molecular complexity index is 1060. The summed E-state index contributed by atoms with van der Waals surface area (Å²) in [4.78, 5) is 35.9. The standard InChI is InChI=1S/C22H37N5O5SSi/c1-13(2)19(28)25-21-24-18-17(20(29)26-21)23-11-27(18)16-9-14(30-12-33-6)15(32-16)10-31-34(7,8)22(3,4)5/h11,13-16H,9-10,12H2,1-8H3,(H2,24,25,26,28,29)/t14-,15+,16+/m0/s1.